The molecule has 0 spiro atoms. The highest BCUT2D eigenvalue weighted by atomic mass is 16.6. The molecule has 0 saturated carbocycles. The molecule has 1 rings (SSSR count). The van der Waals surface area contributed by atoms with Gasteiger partial charge in [0.1, 0.15) is 12.9 Å². The summed E-state index contributed by atoms with van der Waals surface area (Å²) in [6.45, 7) is 4.15. The number of hydrogen-bond donors (Lipinski definition) is 0. The van der Waals surface area contributed by atoms with E-state index in [9.17, 15) is 9.59 Å². The molecule has 0 saturated heterocycles. The standard InChI is InChI=1S/C15H21NO3/c1-4-12(2)14(10-17)16(3)15(18)19-11-13-8-6-5-7-9-13/h5-10,12,14H,4,11H2,1-3H3/t12-,14+/m0/s1. The molecule has 0 aromatic heterocycles. The molecule has 104 valence electrons. The molecule has 0 aliphatic carbocycles. The molecule has 19 heavy (non-hydrogen) atoms. The van der Waals surface area contributed by atoms with E-state index in [1.165, 1.54) is 4.90 Å². The van der Waals surface area contributed by atoms with E-state index < -0.39 is 12.1 Å². The summed E-state index contributed by atoms with van der Waals surface area (Å²) in [6.07, 6.45) is 1.17. The maximum Gasteiger partial charge on any atom is 0.410 e. The largest absolute Gasteiger partial charge is 0.445 e. The fourth-order valence-corrected chi connectivity index (χ4v) is 1.79. The van der Waals surface area contributed by atoms with Crippen molar-refractivity contribution in [3.05, 3.63) is 35.9 Å². The highest BCUT2D eigenvalue weighted by Gasteiger charge is 2.24. The summed E-state index contributed by atoms with van der Waals surface area (Å²) >= 11 is 0. The van der Waals surface area contributed by atoms with E-state index in [4.69, 9.17) is 4.74 Å². The second-order valence-electron chi connectivity index (χ2n) is 4.66. The van der Waals surface area contributed by atoms with E-state index in [0.29, 0.717) is 0 Å². The number of hydrogen-bond acceptors (Lipinski definition) is 3. The molecule has 1 aromatic carbocycles. The molecule has 0 unspecified atom stereocenters. The molecule has 0 heterocycles. The topological polar surface area (TPSA) is 46.6 Å². The first-order valence-electron chi connectivity index (χ1n) is 6.49. The number of carbonyl (C=O) groups is 2. The summed E-state index contributed by atoms with van der Waals surface area (Å²) < 4.78 is 5.20. The zero-order valence-corrected chi connectivity index (χ0v) is 11.7. The molecule has 4 nitrogen and oxygen atoms in total. The minimum absolute atomic E-state index is 0.117. The van der Waals surface area contributed by atoms with Crippen molar-refractivity contribution in [3.63, 3.8) is 0 Å². The van der Waals surface area contributed by atoms with Gasteiger partial charge in [0.15, 0.2) is 0 Å². The number of amides is 1. The summed E-state index contributed by atoms with van der Waals surface area (Å²) in [4.78, 5) is 24.3. The van der Waals surface area contributed by atoms with Crippen molar-refractivity contribution in [2.75, 3.05) is 7.05 Å². The number of aldehydes is 1. The Balaban J connectivity index is 2.54. The van der Waals surface area contributed by atoms with Crippen LogP contribution in [0.15, 0.2) is 30.3 Å². The first-order valence-corrected chi connectivity index (χ1v) is 6.49. The minimum atomic E-state index is -0.471. The number of benzene rings is 1. The highest BCUT2D eigenvalue weighted by Crippen LogP contribution is 2.13. The van der Waals surface area contributed by atoms with Crippen molar-refractivity contribution in [1.29, 1.82) is 0 Å². The Bertz CT molecular complexity index is 405. The van der Waals surface area contributed by atoms with Gasteiger partial charge in [-0.1, -0.05) is 50.6 Å². The van der Waals surface area contributed by atoms with Crippen molar-refractivity contribution in [1.82, 2.24) is 4.90 Å². The van der Waals surface area contributed by atoms with Crippen LogP contribution in [0.5, 0.6) is 0 Å². The monoisotopic (exact) mass is 263 g/mol. The van der Waals surface area contributed by atoms with E-state index in [1.807, 2.05) is 44.2 Å². The first-order chi connectivity index (χ1) is 9.10. The molecule has 1 aromatic rings. The van der Waals surface area contributed by atoms with Gasteiger partial charge in [0.2, 0.25) is 0 Å². The van der Waals surface area contributed by atoms with Gasteiger partial charge in [0.05, 0.1) is 6.04 Å². The smallest absolute Gasteiger partial charge is 0.410 e. The third-order valence-corrected chi connectivity index (χ3v) is 3.31. The normalized spacial score (nSPS) is 13.4. The lowest BCUT2D eigenvalue weighted by atomic mass is 10.00. The second kappa shape index (κ2) is 7.56. The molecule has 0 aliphatic rings. The van der Waals surface area contributed by atoms with Crippen LogP contribution in [0.2, 0.25) is 0 Å². The molecule has 4 heteroatoms. The zero-order valence-electron chi connectivity index (χ0n) is 11.7. The average molecular weight is 263 g/mol. The number of nitrogens with zero attached hydrogens (tertiary/aromatic N) is 1. The van der Waals surface area contributed by atoms with E-state index >= 15 is 0 Å². The predicted octanol–water partition coefficient (Wildman–Crippen LogP) is 2.87. The van der Waals surface area contributed by atoms with E-state index in [2.05, 4.69) is 0 Å². The Kier molecular flexibility index (Phi) is 6.06. The molecule has 0 N–H and O–H groups in total. The van der Waals surface area contributed by atoms with Gasteiger partial charge in [-0.15, -0.1) is 0 Å². The summed E-state index contributed by atoms with van der Waals surface area (Å²) in [6, 6.07) is 9.02. The van der Waals surface area contributed by atoms with Crippen LogP contribution >= 0.6 is 0 Å². The zero-order chi connectivity index (χ0) is 14.3. The second-order valence-corrected chi connectivity index (χ2v) is 4.66. The number of rotatable bonds is 6. The van der Waals surface area contributed by atoms with Gasteiger partial charge in [0, 0.05) is 7.05 Å². The summed E-state index contributed by atoms with van der Waals surface area (Å²) in [7, 11) is 1.60. The van der Waals surface area contributed by atoms with Gasteiger partial charge in [0.25, 0.3) is 0 Å². The molecule has 0 radical (unpaired) electrons. The van der Waals surface area contributed by atoms with Crippen molar-refractivity contribution in [2.45, 2.75) is 32.9 Å². The van der Waals surface area contributed by atoms with Crippen LogP contribution in [0.3, 0.4) is 0 Å². The van der Waals surface area contributed by atoms with Crippen LogP contribution in [0, 0.1) is 5.92 Å². The maximum absolute atomic E-state index is 11.9. The van der Waals surface area contributed by atoms with Crippen LogP contribution in [0.25, 0.3) is 0 Å². The van der Waals surface area contributed by atoms with Gasteiger partial charge >= 0.3 is 6.09 Å². The van der Waals surface area contributed by atoms with Crippen molar-refractivity contribution in [3.8, 4) is 0 Å². The Labute approximate surface area is 114 Å². The minimum Gasteiger partial charge on any atom is -0.445 e. The van der Waals surface area contributed by atoms with Gasteiger partial charge in [-0.25, -0.2) is 4.79 Å². The number of likely N-dealkylation sites (N-methyl/N-ethyl adjacent to an activating group) is 1. The van der Waals surface area contributed by atoms with E-state index in [-0.39, 0.29) is 12.5 Å². The van der Waals surface area contributed by atoms with Crippen LogP contribution in [-0.2, 0) is 16.1 Å². The molecule has 2 atom stereocenters. The first kappa shape index (κ1) is 15.2. The summed E-state index contributed by atoms with van der Waals surface area (Å²) in [5, 5.41) is 0. The van der Waals surface area contributed by atoms with Gasteiger partial charge in [-0.3, -0.25) is 0 Å². The van der Waals surface area contributed by atoms with Crippen LogP contribution in [-0.4, -0.2) is 30.4 Å². The molecule has 1 amide bonds. The fraction of sp³-hybridized carbons (Fsp3) is 0.467. The fourth-order valence-electron chi connectivity index (χ4n) is 1.79. The van der Waals surface area contributed by atoms with Gasteiger partial charge in [-0.05, 0) is 11.5 Å². The highest BCUT2D eigenvalue weighted by molar-refractivity contribution is 5.73. The molecular weight excluding hydrogens is 242 g/mol. The lowest BCUT2D eigenvalue weighted by Gasteiger charge is -2.27. The van der Waals surface area contributed by atoms with Crippen molar-refractivity contribution in [2.24, 2.45) is 5.92 Å². The average Bonchev–Trinajstić information content (AvgIpc) is 2.46. The molecular formula is C15H21NO3. The SMILES string of the molecule is CC[C@H](C)[C@@H](C=O)N(C)C(=O)OCc1ccccc1. The third-order valence-electron chi connectivity index (χ3n) is 3.31. The van der Waals surface area contributed by atoms with Gasteiger partial charge in [-0.2, -0.15) is 0 Å². The maximum atomic E-state index is 11.9. The Morgan fingerprint density at radius 1 is 1.37 bits per heavy atom. The Morgan fingerprint density at radius 2 is 2.00 bits per heavy atom. The van der Waals surface area contributed by atoms with Crippen molar-refractivity contribution >= 4 is 12.4 Å². The third kappa shape index (κ3) is 4.39. The lowest BCUT2D eigenvalue weighted by Crippen LogP contribution is -2.42. The Morgan fingerprint density at radius 3 is 2.53 bits per heavy atom. The summed E-state index contributed by atoms with van der Waals surface area (Å²) in [5.74, 6) is 0.117. The van der Waals surface area contributed by atoms with Crippen LogP contribution in [0.4, 0.5) is 4.79 Å². The van der Waals surface area contributed by atoms with Crippen molar-refractivity contribution < 1.29 is 14.3 Å². The van der Waals surface area contributed by atoms with E-state index in [0.717, 1.165) is 18.3 Å². The predicted molar refractivity (Wildman–Crippen MR) is 73.7 cm³/mol. The molecule has 0 fully saturated rings. The lowest BCUT2D eigenvalue weighted by molar-refractivity contribution is -0.113. The number of ether oxygens (including phenoxy) is 1. The molecule has 0 aliphatic heterocycles. The number of carbonyl (C=O) groups excluding carboxylic acids is 2. The van der Waals surface area contributed by atoms with E-state index in [1.54, 1.807) is 7.05 Å². The Hall–Kier alpha value is -1.84. The van der Waals surface area contributed by atoms with Crippen LogP contribution < -0.4 is 0 Å². The quantitative estimate of drug-likeness (QED) is 0.741. The van der Waals surface area contributed by atoms with Crippen LogP contribution in [0.1, 0.15) is 25.8 Å². The van der Waals surface area contributed by atoms with Gasteiger partial charge < -0.3 is 14.4 Å². The summed E-state index contributed by atoms with van der Waals surface area (Å²) in [5.41, 5.74) is 0.926. The molecule has 0 bridgehead atoms.